The molecule has 184 valence electrons. The van der Waals surface area contributed by atoms with Crippen LogP contribution in [-0.2, 0) is 13.1 Å². The fourth-order valence-electron chi connectivity index (χ4n) is 5.21. The Balaban J connectivity index is 1.79. The predicted molar refractivity (Wildman–Crippen MR) is 155 cm³/mol. The summed E-state index contributed by atoms with van der Waals surface area (Å²) in [5.41, 5.74) is 15.2. The average molecular weight is 475 g/mol. The van der Waals surface area contributed by atoms with E-state index in [4.69, 9.17) is 0 Å². The monoisotopic (exact) mass is 474 g/mol. The van der Waals surface area contributed by atoms with E-state index in [-0.39, 0.29) is 0 Å². The molecule has 0 atom stereocenters. The van der Waals surface area contributed by atoms with Gasteiger partial charge in [0, 0.05) is 13.1 Å². The SMILES string of the molecule is Cc1cc(C)c(CN/C(=C(/NCc2c(C)cc(C)cc2C)c2ccccc2)c2ccccc2)c(C)c1. The molecule has 0 radical (unpaired) electrons. The Kier molecular flexibility index (Phi) is 7.95. The summed E-state index contributed by atoms with van der Waals surface area (Å²) in [5.74, 6) is 0. The summed E-state index contributed by atoms with van der Waals surface area (Å²) in [7, 11) is 0. The second kappa shape index (κ2) is 11.3. The molecule has 2 nitrogen and oxygen atoms in total. The summed E-state index contributed by atoms with van der Waals surface area (Å²) in [6, 6.07) is 30.4. The van der Waals surface area contributed by atoms with Gasteiger partial charge in [0.05, 0.1) is 11.4 Å². The van der Waals surface area contributed by atoms with Gasteiger partial charge in [0.2, 0.25) is 0 Å². The van der Waals surface area contributed by atoms with E-state index in [1.165, 1.54) is 55.6 Å². The van der Waals surface area contributed by atoms with Crippen molar-refractivity contribution >= 4 is 11.4 Å². The maximum atomic E-state index is 3.84. The molecule has 0 aliphatic carbocycles. The number of rotatable bonds is 8. The number of aryl methyl sites for hydroxylation is 6. The molecular weight excluding hydrogens is 436 g/mol. The van der Waals surface area contributed by atoms with Gasteiger partial charge >= 0.3 is 0 Å². The first-order valence-corrected chi connectivity index (χ1v) is 12.8. The van der Waals surface area contributed by atoms with Crippen molar-refractivity contribution in [3.05, 3.63) is 141 Å². The van der Waals surface area contributed by atoms with Crippen LogP contribution < -0.4 is 10.6 Å². The third kappa shape index (κ3) is 5.88. The third-order valence-electron chi connectivity index (χ3n) is 6.94. The second-order valence-corrected chi connectivity index (χ2v) is 9.94. The highest BCUT2D eigenvalue weighted by Gasteiger charge is 2.14. The number of hydrogen-bond donors (Lipinski definition) is 2. The van der Waals surface area contributed by atoms with Crippen LogP contribution in [0.3, 0.4) is 0 Å². The largest absolute Gasteiger partial charge is 0.379 e. The van der Waals surface area contributed by atoms with Crippen molar-refractivity contribution in [2.75, 3.05) is 0 Å². The highest BCUT2D eigenvalue weighted by molar-refractivity contribution is 5.89. The van der Waals surface area contributed by atoms with Crippen LogP contribution in [0, 0.1) is 41.5 Å². The van der Waals surface area contributed by atoms with E-state index in [1.807, 2.05) is 0 Å². The summed E-state index contributed by atoms with van der Waals surface area (Å²) < 4.78 is 0. The lowest BCUT2D eigenvalue weighted by Crippen LogP contribution is -2.22. The van der Waals surface area contributed by atoms with Gasteiger partial charge in [-0.2, -0.15) is 0 Å². The minimum absolute atomic E-state index is 0.767. The fraction of sp³-hybridized carbons (Fsp3) is 0.235. The first-order valence-electron chi connectivity index (χ1n) is 12.8. The molecule has 0 fully saturated rings. The third-order valence-corrected chi connectivity index (χ3v) is 6.94. The fourth-order valence-corrected chi connectivity index (χ4v) is 5.21. The average Bonchev–Trinajstić information content (AvgIpc) is 2.84. The van der Waals surface area contributed by atoms with Crippen LogP contribution in [0.5, 0.6) is 0 Å². The van der Waals surface area contributed by atoms with Crippen LogP contribution >= 0.6 is 0 Å². The van der Waals surface area contributed by atoms with Gasteiger partial charge in [-0.15, -0.1) is 0 Å². The lowest BCUT2D eigenvalue weighted by Gasteiger charge is -2.22. The van der Waals surface area contributed by atoms with Crippen molar-refractivity contribution in [3.8, 4) is 0 Å². The predicted octanol–water partition coefficient (Wildman–Crippen LogP) is 7.94. The molecular formula is C34H38N2. The second-order valence-electron chi connectivity index (χ2n) is 9.94. The van der Waals surface area contributed by atoms with Gasteiger partial charge in [-0.25, -0.2) is 0 Å². The minimum atomic E-state index is 0.767. The first-order chi connectivity index (χ1) is 17.3. The van der Waals surface area contributed by atoms with Crippen molar-refractivity contribution < 1.29 is 0 Å². The Hall–Kier alpha value is -3.78. The van der Waals surface area contributed by atoms with Crippen LogP contribution in [0.1, 0.15) is 55.6 Å². The molecule has 4 aromatic carbocycles. The van der Waals surface area contributed by atoms with E-state index < -0.39 is 0 Å². The Bertz CT molecular complexity index is 1210. The maximum absolute atomic E-state index is 3.84. The Morgan fingerprint density at radius 2 is 0.778 bits per heavy atom. The molecule has 0 saturated heterocycles. The van der Waals surface area contributed by atoms with E-state index in [0.717, 1.165) is 24.5 Å². The zero-order valence-corrected chi connectivity index (χ0v) is 22.5. The van der Waals surface area contributed by atoms with Crippen LogP contribution in [0.25, 0.3) is 11.4 Å². The normalized spacial score (nSPS) is 11.7. The summed E-state index contributed by atoms with van der Waals surface area (Å²) >= 11 is 0. The smallest absolute Gasteiger partial charge is 0.0658 e. The topological polar surface area (TPSA) is 24.1 Å². The quantitative estimate of drug-likeness (QED) is 0.253. The molecule has 4 aromatic rings. The first kappa shape index (κ1) is 25.3. The van der Waals surface area contributed by atoms with E-state index in [9.17, 15) is 0 Å². The van der Waals surface area contributed by atoms with Crippen LogP contribution in [0.2, 0.25) is 0 Å². The molecule has 0 spiro atoms. The van der Waals surface area contributed by atoms with Gasteiger partial charge in [-0.1, -0.05) is 96.1 Å². The summed E-state index contributed by atoms with van der Waals surface area (Å²) in [6.07, 6.45) is 0. The van der Waals surface area contributed by atoms with Crippen LogP contribution in [0.4, 0.5) is 0 Å². The molecule has 36 heavy (non-hydrogen) atoms. The Morgan fingerprint density at radius 1 is 0.472 bits per heavy atom. The zero-order valence-electron chi connectivity index (χ0n) is 22.5. The standard InChI is InChI=1S/C34H38N2/c1-23-17-25(3)31(26(4)18-23)21-35-33(29-13-9-7-10-14-29)34(30-15-11-8-12-16-30)36-22-32-27(5)19-24(2)20-28(32)6/h7-20,35-36H,21-22H2,1-6H3/b34-33+. The molecule has 0 aliphatic heterocycles. The maximum Gasteiger partial charge on any atom is 0.0658 e. The van der Waals surface area contributed by atoms with Gasteiger partial charge in [0.15, 0.2) is 0 Å². The molecule has 0 saturated carbocycles. The van der Waals surface area contributed by atoms with Gasteiger partial charge in [0.25, 0.3) is 0 Å². The molecule has 2 heteroatoms. The van der Waals surface area contributed by atoms with Crippen molar-refractivity contribution in [3.63, 3.8) is 0 Å². The molecule has 0 aromatic heterocycles. The summed E-state index contributed by atoms with van der Waals surface area (Å²) in [4.78, 5) is 0. The summed E-state index contributed by atoms with van der Waals surface area (Å²) in [6.45, 7) is 14.7. The molecule has 0 bridgehead atoms. The number of nitrogens with one attached hydrogen (secondary N) is 2. The van der Waals surface area contributed by atoms with E-state index >= 15 is 0 Å². The molecule has 0 heterocycles. The van der Waals surface area contributed by atoms with Crippen LogP contribution in [-0.4, -0.2) is 0 Å². The van der Waals surface area contributed by atoms with Gasteiger partial charge < -0.3 is 10.6 Å². The molecule has 4 rings (SSSR count). The molecule has 0 amide bonds. The molecule has 2 N–H and O–H groups in total. The van der Waals surface area contributed by atoms with E-state index in [1.54, 1.807) is 0 Å². The minimum Gasteiger partial charge on any atom is -0.379 e. The Labute approximate surface area is 217 Å². The van der Waals surface area contributed by atoms with Crippen molar-refractivity contribution in [2.45, 2.75) is 54.6 Å². The lowest BCUT2D eigenvalue weighted by molar-refractivity contribution is 0.840. The molecule has 0 aliphatic rings. The Morgan fingerprint density at radius 3 is 1.08 bits per heavy atom. The highest BCUT2D eigenvalue weighted by Crippen LogP contribution is 2.26. The van der Waals surface area contributed by atoms with Crippen LogP contribution in [0.15, 0.2) is 84.9 Å². The number of benzene rings is 4. The highest BCUT2D eigenvalue weighted by atomic mass is 15.0. The van der Waals surface area contributed by atoms with Crippen molar-refractivity contribution in [1.29, 1.82) is 0 Å². The van der Waals surface area contributed by atoms with Gasteiger partial charge in [-0.3, -0.25) is 0 Å². The van der Waals surface area contributed by atoms with Gasteiger partial charge in [-0.05, 0) is 86.1 Å². The lowest BCUT2D eigenvalue weighted by atomic mass is 9.98. The van der Waals surface area contributed by atoms with E-state index in [0.29, 0.717) is 0 Å². The van der Waals surface area contributed by atoms with Crippen molar-refractivity contribution in [1.82, 2.24) is 10.6 Å². The van der Waals surface area contributed by atoms with Crippen molar-refractivity contribution in [2.24, 2.45) is 0 Å². The zero-order chi connectivity index (χ0) is 25.7. The molecule has 0 unspecified atom stereocenters. The van der Waals surface area contributed by atoms with Gasteiger partial charge in [0.1, 0.15) is 0 Å². The summed E-state index contributed by atoms with van der Waals surface area (Å²) in [5, 5.41) is 7.69. The number of hydrogen-bond acceptors (Lipinski definition) is 2. The van der Waals surface area contributed by atoms with E-state index in [2.05, 4.69) is 137 Å².